The van der Waals surface area contributed by atoms with E-state index >= 15 is 0 Å². The van der Waals surface area contributed by atoms with Crippen molar-refractivity contribution >= 4 is 11.8 Å². The lowest BCUT2D eigenvalue weighted by atomic mass is 9.82. The normalized spacial score (nSPS) is 13.4. The minimum atomic E-state index is -0.318. The van der Waals surface area contributed by atoms with Crippen LogP contribution in [-0.4, -0.2) is 61.4 Å². The first kappa shape index (κ1) is 57.0. The maximum atomic E-state index is 14.0. The van der Waals surface area contributed by atoms with Crippen LogP contribution in [0.5, 0.6) is 0 Å². The van der Waals surface area contributed by atoms with Crippen LogP contribution in [-0.2, 0) is 9.59 Å². The average Bonchev–Trinajstić information content (AvgIpc) is 3.26. The average molecular weight is 850 g/mol. The van der Waals surface area contributed by atoms with Crippen LogP contribution >= 0.6 is 0 Å². The summed E-state index contributed by atoms with van der Waals surface area (Å²) < 4.78 is 0. The molecule has 1 aliphatic carbocycles. The zero-order valence-corrected chi connectivity index (χ0v) is 41.5. The van der Waals surface area contributed by atoms with Gasteiger partial charge in [-0.15, -0.1) is 0 Å². The summed E-state index contributed by atoms with van der Waals surface area (Å²) in [5.74, 6) is 13.2. The Balaban J connectivity index is 2.34. The fraction of sp³-hybridized carbons (Fsp3) is 0.893. The summed E-state index contributed by atoms with van der Waals surface area (Å²) in [6.45, 7) is 6.91. The van der Waals surface area contributed by atoms with E-state index in [4.69, 9.17) is 0 Å². The number of rotatable bonds is 42. The number of carbonyl (C=O) groups excluding carboxylic acids is 2. The molecule has 0 aliphatic heterocycles. The first-order valence-corrected chi connectivity index (χ1v) is 27.2. The maximum Gasteiger partial charge on any atom is 0.243 e. The fourth-order valence-corrected chi connectivity index (χ4v) is 9.28. The SMILES string of the molecule is CCCCCCCCCCCCC#CC#CCCCCCCCCC(=O)N(CCCN(C)C)C(C(=O)NCCCCCCCCCCCCCCCCCC)C1CCCCC1. The summed E-state index contributed by atoms with van der Waals surface area (Å²) in [7, 11) is 4.19. The molecule has 1 aliphatic rings. The number of nitrogens with zero attached hydrogens (tertiary/aromatic N) is 2. The van der Waals surface area contributed by atoms with Crippen LogP contribution in [0.3, 0.4) is 0 Å². The van der Waals surface area contributed by atoms with E-state index in [2.05, 4.69) is 61.8 Å². The van der Waals surface area contributed by atoms with E-state index in [1.165, 1.54) is 193 Å². The highest BCUT2D eigenvalue weighted by atomic mass is 16.2. The molecule has 0 saturated heterocycles. The lowest BCUT2D eigenvalue weighted by Gasteiger charge is -2.38. The van der Waals surface area contributed by atoms with Gasteiger partial charge in [0.05, 0.1) is 0 Å². The lowest BCUT2D eigenvalue weighted by molar-refractivity contribution is -0.143. The maximum absolute atomic E-state index is 14.0. The molecular weight excluding hydrogens is 747 g/mol. The topological polar surface area (TPSA) is 52.7 Å². The molecule has 1 saturated carbocycles. The number of amides is 2. The zero-order chi connectivity index (χ0) is 44.1. The Morgan fingerprint density at radius 2 is 0.885 bits per heavy atom. The number of hydrogen-bond acceptors (Lipinski definition) is 3. The molecule has 0 aromatic heterocycles. The molecule has 61 heavy (non-hydrogen) atoms. The molecule has 5 nitrogen and oxygen atoms in total. The third-order valence-corrected chi connectivity index (χ3v) is 13.2. The van der Waals surface area contributed by atoms with Gasteiger partial charge < -0.3 is 15.1 Å². The second-order valence-corrected chi connectivity index (χ2v) is 19.3. The van der Waals surface area contributed by atoms with Crippen molar-refractivity contribution in [2.75, 3.05) is 33.7 Å². The quantitative estimate of drug-likeness (QED) is 0.0492. The van der Waals surface area contributed by atoms with E-state index in [1.807, 2.05) is 4.90 Å². The summed E-state index contributed by atoms with van der Waals surface area (Å²) in [6, 6.07) is -0.318. The van der Waals surface area contributed by atoms with E-state index in [0.29, 0.717) is 13.0 Å². The van der Waals surface area contributed by atoms with Crippen LogP contribution in [0.2, 0.25) is 0 Å². The molecule has 1 atom stereocenters. The van der Waals surface area contributed by atoms with Crippen molar-refractivity contribution < 1.29 is 9.59 Å². The molecule has 0 aromatic rings. The van der Waals surface area contributed by atoms with Gasteiger partial charge in [-0.3, -0.25) is 9.59 Å². The standard InChI is InChI=1S/C56H103N3O2/c1-5-7-9-11-13-15-17-19-21-23-24-25-26-27-28-29-31-33-35-37-39-44-49-54(60)59(52-46-51-58(3)4)55(53-47-42-41-43-48-53)56(61)57-50-45-40-38-36-34-32-30-22-20-18-16-14-12-10-8-6-2/h53,55H,5-24,29-52H2,1-4H3,(H,57,61). The number of nitrogens with one attached hydrogen (secondary N) is 1. The zero-order valence-electron chi connectivity index (χ0n) is 41.5. The van der Waals surface area contributed by atoms with Crippen molar-refractivity contribution in [1.29, 1.82) is 0 Å². The molecule has 0 aromatic carbocycles. The predicted molar refractivity (Wildman–Crippen MR) is 267 cm³/mol. The van der Waals surface area contributed by atoms with Gasteiger partial charge in [0, 0.05) is 32.4 Å². The molecule has 0 heterocycles. The van der Waals surface area contributed by atoms with Gasteiger partial charge in [0.15, 0.2) is 0 Å². The van der Waals surface area contributed by atoms with Crippen molar-refractivity contribution in [3.63, 3.8) is 0 Å². The molecule has 1 fully saturated rings. The van der Waals surface area contributed by atoms with Gasteiger partial charge in [-0.2, -0.15) is 0 Å². The van der Waals surface area contributed by atoms with Crippen LogP contribution < -0.4 is 5.32 Å². The molecule has 1 unspecified atom stereocenters. The van der Waals surface area contributed by atoms with Crippen molar-refractivity contribution in [2.45, 2.75) is 283 Å². The van der Waals surface area contributed by atoms with Gasteiger partial charge in [-0.25, -0.2) is 0 Å². The van der Waals surface area contributed by atoms with Crippen LogP contribution in [0.25, 0.3) is 0 Å². The fourth-order valence-electron chi connectivity index (χ4n) is 9.28. The Bertz CT molecular complexity index is 1110. The molecule has 0 radical (unpaired) electrons. The summed E-state index contributed by atoms with van der Waals surface area (Å²) >= 11 is 0. The first-order chi connectivity index (χ1) is 30.0. The number of hydrogen-bond donors (Lipinski definition) is 1. The molecule has 1 N–H and O–H groups in total. The monoisotopic (exact) mass is 850 g/mol. The van der Waals surface area contributed by atoms with Crippen molar-refractivity contribution in [3.05, 3.63) is 0 Å². The number of carbonyl (C=O) groups is 2. The summed E-state index contributed by atoms with van der Waals surface area (Å²) in [5.41, 5.74) is 0. The Kier molecular flexibility index (Phi) is 41.7. The van der Waals surface area contributed by atoms with Gasteiger partial charge in [0.25, 0.3) is 0 Å². The Morgan fingerprint density at radius 1 is 0.492 bits per heavy atom. The highest BCUT2D eigenvalue weighted by Gasteiger charge is 2.36. The van der Waals surface area contributed by atoms with Crippen LogP contribution in [0.15, 0.2) is 0 Å². The van der Waals surface area contributed by atoms with E-state index in [0.717, 1.165) is 77.3 Å². The third-order valence-electron chi connectivity index (χ3n) is 13.2. The van der Waals surface area contributed by atoms with Gasteiger partial charge >= 0.3 is 0 Å². The third kappa shape index (κ3) is 36.1. The molecule has 5 heteroatoms. The van der Waals surface area contributed by atoms with Gasteiger partial charge in [-0.05, 0) is 83.3 Å². The second-order valence-electron chi connectivity index (χ2n) is 19.3. The minimum absolute atomic E-state index is 0.106. The first-order valence-electron chi connectivity index (χ1n) is 27.2. The van der Waals surface area contributed by atoms with Crippen LogP contribution in [0.4, 0.5) is 0 Å². The van der Waals surface area contributed by atoms with Crippen LogP contribution in [0, 0.1) is 29.6 Å². The summed E-state index contributed by atoms with van der Waals surface area (Å²) in [6.07, 6.45) is 51.0. The van der Waals surface area contributed by atoms with Crippen molar-refractivity contribution in [2.24, 2.45) is 5.92 Å². The largest absolute Gasteiger partial charge is 0.354 e. The lowest BCUT2D eigenvalue weighted by Crippen LogP contribution is -2.54. The van der Waals surface area contributed by atoms with E-state index in [-0.39, 0.29) is 23.8 Å². The van der Waals surface area contributed by atoms with Gasteiger partial charge in [-0.1, -0.05) is 225 Å². The Labute approximate surface area is 381 Å². The summed E-state index contributed by atoms with van der Waals surface area (Å²) in [5, 5.41) is 3.34. The molecule has 0 spiro atoms. The Hall–Kier alpha value is -1.98. The van der Waals surface area contributed by atoms with E-state index in [1.54, 1.807) is 0 Å². The molecule has 1 rings (SSSR count). The Morgan fingerprint density at radius 3 is 1.31 bits per heavy atom. The second kappa shape index (κ2) is 44.6. The predicted octanol–water partition coefficient (Wildman–Crippen LogP) is 15.5. The minimum Gasteiger partial charge on any atom is -0.354 e. The highest BCUT2D eigenvalue weighted by molar-refractivity contribution is 5.88. The van der Waals surface area contributed by atoms with Crippen LogP contribution in [0.1, 0.15) is 277 Å². The molecule has 354 valence electrons. The van der Waals surface area contributed by atoms with Crippen molar-refractivity contribution in [3.8, 4) is 23.7 Å². The molecule has 0 bridgehead atoms. The number of unbranched alkanes of at least 4 members (excludes halogenated alkanes) is 31. The molecule has 2 amide bonds. The molecular formula is C56H103N3O2. The van der Waals surface area contributed by atoms with Gasteiger partial charge in [0.2, 0.25) is 11.8 Å². The van der Waals surface area contributed by atoms with Gasteiger partial charge in [0.1, 0.15) is 6.04 Å². The van der Waals surface area contributed by atoms with E-state index in [9.17, 15) is 9.59 Å². The summed E-state index contributed by atoms with van der Waals surface area (Å²) in [4.78, 5) is 32.2. The highest BCUT2D eigenvalue weighted by Crippen LogP contribution is 2.30. The van der Waals surface area contributed by atoms with E-state index < -0.39 is 0 Å². The smallest absolute Gasteiger partial charge is 0.243 e. The van der Waals surface area contributed by atoms with Crippen molar-refractivity contribution in [1.82, 2.24) is 15.1 Å².